The molecule has 5 aromatic rings. The van der Waals surface area contributed by atoms with Crippen molar-refractivity contribution >= 4 is 27.7 Å². The third kappa shape index (κ3) is 9.18. The molecule has 182 valence electrons. The molecular weight excluding hydrogens is 563 g/mol. The Balaban J connectivity index is 0.000000258. The van der Waals surface area contributed by atoms with Gasteiger partial charge in [0.15, 0.2) is 0 Å². The van der Waals surface area contributed by atoms with Gasteiger partial charge in [-0.05, 0) is 27.7 Å². The number of aryl methyl sites for hydroxylation is 6. The molecule has 4 heteroatoms. The number of benzene rings is 3. The zero-order chi connectivity index (χ0) is 24.0. The molecule has 0 radical (unpaired) electrons. The van der Waals surface area contributed by atoms with Crippen molar-refractivity contribution in [1.29, 1.82) is 0 Å². The van der Waals surface area contributed by atoms with Gasteiger partial charge in [-0.1, -0.05) is 48.2 Å². The molecule has 0 aliphatic heterocycles. The Hall–Kier alpha value is -1.44. The van der Waals surface area contributed by atoms with Crippen LogP contribution >= 0.6 is 0 Å². The van der Waals surface area contributed by atoms with E-state index in [-0.39, 0.29) is 24.8 Å². The third-order valence-corrected chi connectivity index (χ3v) is 8.00. The average Bonchev–Trinajstić information content (AvgIpc) is 3.31. The number of fused-ring (bicyclic) bond motifs is 2. The summed E-state index contributed by atoms with van der Waals surface area (Å²) in [7, 11) is 0. The average molecular weight is 597 g/mol. The molecule has 0 unspecified atom stereocenters. The number of hydrogen-bond donors (Lipinski definition) is 0. The van der Waals surface area contributed by atoms with Crippen LogP contribution in [-0.4, -0.2) is 6.16 Å². The van der Waals surface area contributed by atoms with Gasteiger partial charge < -0.3 is 24.8 Å². The van der Waals surface area contributed by atoms with Crippen molar-refractivity contribution in [1.82, 2.24) is 0 Å². The zero-order valence-corrected chi connectivity index (χ0v) is 26.7. The van der Waals surface area contributed by atoms with Crippen LogP contribution in [-0.2, 0) is 29.4 Å². The summed E-state index contributed by atoms with van der Waals surface area (Å²) in [5, 5.41) is 5.56. The van der Waals surface area contributed by atoms with Crippen molar-refractivity contribution in [2.24, 2.45) is 0 Å². The van der Waals surface area contributed by atoms with Crippen LogP contribution in [0.5, 0.6) is 0 Å². The summed E-state index contributed by atoms with van der Waals surface area (Å²) in [6.07, 6.45) is 0.715. The van der Waals surface area contributed by atoms with E-state index in [0.717, 1.165) is 0 Å². The summed E-state index contributed by atoms with van der Waals surface area (Å²) in [5.74, 6) is 0. The van der Waals surface area contributed by atoms with Gasteiger partial charge in [0.05, 0.1) is 0 Å². The Bertz CT molecular complexity index is 1280. The predicted molar refractivity (Wildman–Crippen MR) is 145 cm³/mol. The molecule has 5 rings (SSSR count). The molecule has 0 saturated carbocycles. The second-order valence-corrected chi connectivity index (χ2v) is 13.0. The van der Waals surface area contributed by atoms with Crippen LogP contribution in [0, 0.1) is 41.5 Å². The van der Waals surface area contributed by atoms with Crippen molar-refractivity contribution < 1.29 is 48.1 Å². The first-order valence-electron chi connectivity index (χ1n) is 11.6. The molecule has 5 aromatic carbocycles. The monoisotopic (exact) mass is 594 g/mol. The Kier molecular flexibility index (Phi) is 13.5. The van der Waals surface area contributed by atoms with Crippen LogP contribution in [0.1, 0.15) is 38.9 Å². The molecule has 0 atom stereocenters. The van der Waals surface area contributed by atoms with E-state index >= 15 is 0 Å². The van der Waals surface area contributed by atoms with Gasteiger partial charge in [-0.2, -0.15) is 12.1 Å². The first-order valence-corrected chi connectivity index (χ1v) is 17.2. The Labute approximate surface area is 239 Å². The number of rotatable bonds is 2. The van der Waals surface area contributed by atoms with Gasteiger partial charge >= 0.3 is 71.4 Å². The van der Waals surface area contributed by atoms with Crippen LogP contribution in [0.15, 0.2) is 78.9 Å². The van der Waals surface area contributed by atoms with E-state index in [9.17, 15) is 0 Å². The third-order valence-electron chi connectivity index (χ3n) is 5.82. The fraction of sp³-hybridized carbons (Fsp3) is 0.226. The Morgan fingerprint density at radius 1 is 0.629 bits per heavy atom. The van der Waals surface area contributed by atoms with E-state index in [1.54, 1.807) is 23.3 Å². The quantitative estimate of drug-likeness (QED) is 0.216. The summed E-state index contributed by atoms with van der Waals surface area (Å²) in [4.78, 5) is 0. The van der Waals surface area contributed by atoms with E-state index in [4.69, 9.17) is 0 Å². The molecule has 0 saturated heterocycles. The molecule has 0 N–H and O–H groups in total. The van der Waals surface area contributed by atoms with Crippen LogP contribution in [0.4, 0.5) is 0 Å². The summed E-state index contributed by atoms with van der Waals surface area (Å²) in [5.41, 5.74) is 9.70. The van der Waals surface area contributed by atoms with E-state index in [0.29, 0.717) is 6.16 Å². The van der Waals surface area contributed by atoms with Gasteiger partial charge in [-0.15, -0.1) is 56.9 Å². The molecule has 0 aliphatic rings. The van der Waals surface area contributed by atoms with Gasteiger partial charge in [0.2, 0.25) is 0 Å². The fourth-order valence-corrected chi connectivity index (χ4v) is 6.66. The fourth-order valence-electron chi connectivity index (χ4n) is 4.42. The minimum atomic E-state index is 0. The SMILES string of the molecule is Cc1cc(C)c2cc(C)[cH-]c2c1.Cc1cc(C)c2cc(C)[cH-]c2c1.[Cl-].[Cl-].[Zr+2]=[SiH]Cc1ccccc1. The molecule has 0 aromatic heterocycles. The Morgan fingerprint density at radius 3 is 1.46 bits per heavy atom. The summed E-state index contributed by atoms with van der Waals surface area (Å²) >= 11 is 1.72. The predicted octanol–water partition coefficient (Wildman–Crippen LogP) is 2.06. The van der Waals surface area contributed by atoms with E-state index in [1.165, 1.54) is 66.5 Å². The van der Waals surface area contributed by atoms with E-state index < -0.39 is 0 Å². The topological polar surface area (TPSA) is 0 Å². The van der Waals surface area contributed by atoms with Crippen molar-refractivity contribution in [2.75, 3.05) is 0 Å². The van der Waals surface area contributed by atoms with Crippen molar-refractivity contribution in [3.05, 3.63) is 118 Å². The van der Waals surface area contributed by atoms with Crippen LogP contribution in [0.25, 0.3) is 21.5 Å². The minimum absolute atomic E-state index is 0. The summed E-state index contributed by atoms with van der Waals surface area (Å²) in [6, 6.07) is 30.0. The van der Waals surface area contributed by atoms with Crippen LogP contribution in [0.2, 0.25) is 0 Å². The van der Waals surface area contributed by atoms with Gasteiger partial charge in [-0.25, -0.2) is 0 Å². The standard InChI is InChI=1S/2C12H13.C7H8Si.2ClH.Zr/c2*1-8-4-10(3)12-7-9(2)6-11(12)5-8;8-6-7-4-2-1-3-5-7;;;/h2*4-7H,1-3H3;1-5,8H,6H2;2*1H;/q2*-1;;;;+2/p-2. The normalized spacial score (nSPS) is 9.83. The molecule has 0 aliphatic carbocycles. The van der Waals surface area contributed by atoms with Crippen LogP contribution < -0.4 is 24.8 Å². The summed E-state index contributed by atoms with van der Waals surface area (Å²) in [6.45, 7) is 12.9. The molecule has 0 amide bonds. The van der Waals surface area contributed by atoms with Crippen molar-refractivity contribution in [3.8, 4) is 0 Å². The first-order chi connectivity index (χ1) is 15.8. The van der Waals surface area contributed by atoms with Gasteiger partial charge in [0, 0.05) is 0 Å². The maximum absolute atomic E-state index is 2.25. The maximum atomic E-state index is 2.25. The molecule has 0 fully saturated rings. The van der Waals surface area contributed by atoms with E-state index in [1.807, 2.05) is 0 Å². The first kappa shape index (κ1) is 31.6. The molecular formula is C31H34Cl2SiZr-2. The van der Waals surface area contributed by atoms with Crippen LogP contribution in [0.3, 0.4) is 0 Å². The van der Waals surface area contributed by atoms with Crippen molar-refractivity contribution in [3.63, 3.8) is 0 Å². The second kappa shape index (κ2) is 15.0. The van der Waals surface area contributed by atoms with E-state index in [2.05, 4.69) is 120 Å². The second-order valence-electron chi connectivity index (χ2n) is 9.13. The van der Waals surface area contributed by atoms with Gasteiger partial charge in [0.1, 0.15) is 0 Å². The zero-order valence-electron chi connectivity index (χ0n) is 21.5. The summed E-state index contributed by atoms with van der Waals surface area (Å²) < 4.78 is 0. The number of halogens is 2. The number of hydrogen-bond acceptors (Lipinski definition) is 0. The molecule has 35 heavy (non-hydrogen) atoms. The molecule has 0 heterocycles. The van der Waals surface area contributed by atoms with Gasteiger partial charge in [0.25, 0.3) is 0 Å². The van der Waals surface area contributed by atoms with Crippen molar-refractivity contribution in [2.45, 2.75) is 47.6 Å². The molecule has 0 bridgehead atoms. The molecule has 0 nitrogen and oxygen atoms in total. The Morgan fingerprint density at radius 2 is 1.06 bits per heavy atom. The molecule has 0 spiro atoms. The van der Waals surface area contributed by atoms with Gasteiger partial charge in [-0.3, -0.25) is 0 Å².